The number of carbonyl (C=O) groups excluding carboxylic acids is 2. The average molecular weight is 446 g/mol. The van der Waals surface area contributed by atoms with Crippen molar-refractivity contribution in [2.24, 2.45) is 5.10 Å². The minimum Gasteiger partial charge on any atom is -0.493 e. The molecular formula is C22H24ClN3O5. The van der Waals surface area contributed by atoms with Gasteiger partial charge >= 0.3 is 11.8 Å². The van der Waals surface area contributed by atoms with E-state index in [9.17, 15) is 9.59 Å². The third-order valence-electron chi connectivity index (χ3n) is 4.60. The van der Waals surface area contributed by atoms with Gasteiger partial charge in [-0.3, -0.25) is 9.59 Å². The number of rotatable bonds is 8. The Bertz CT molecular complexity index is 927. The van der Waals surface area contributed by atoms with Gasteiger partial charge in [0.1, 0.15) is 6.61 Å². The lowest BCUT2D eigenvalue weighted by atomic mass is 10.2. The molecule has 1 aliphatic heterocycles. The highest BCUT2D eigenvalue weighted by molar-refractivity contribution is 6.35. The molecule has 164 valence electrons. The highest BCUT2D eigenvalue weighted by Gasteiger charge is 2.19. The molecule has 2 aromatic rings. The van der Waals surface area contributed by atoms with Crippen molar-refractivity contribution in [3.63, 3.8) is 0 Å². The molecule has 8 nitrogen and oxygen atoms in total. The zero-order chi connectivity index (χ0) is 22.1. The second kappa shape index (κ2) is 11.3. The number of nitrogens with one attached hydrogen (secondary N) is 2. The molecule has 1 saturated heterocycles. The first-order chi connectivity index (χ1) is 15.0. The summed E-state index contributed by atoms with van der Waals surface area (Å²) < 4.78 is 16.6. The molecular weight excluding hydrogens is 422 g/mol. The van der Waals surface area contributed by atoms with Gasteiger partial charge in [-0.05, 0) is 54.3 Å². The minimum atomic E-state index is -0.843. The monoisotopic (exact) mass is 445 g/mol. The summed E-state index contributed by atoms with van der Waals surface area (Å²) in [6.45, 7) is 1.36. The van der Waals surface area contributed by atoms with E-state index in [0.717, 1.165) is 18.4 Å². The first-order valence-electron chi connectivity index (χ1n) is 9.83. The van der Waals surface area contributed by atoms with Gasteiger partial charge in [0.15, 0.2) is 11.5 Å². The molecule has 0 radical (unpaired) electrons. The van der Waals surface area contributed by atoms with Crippen LogP contribution in [0.4, 0.5) is 0 Å². The average Bonchev–Trinajstić information content (AvgIpc) is 3.31. The molecule has 2 aromatic carbocycles. The van der Waals surface area contributed by atoms with Crippen LogP contribution >= 0.6 is 11.6 Å². The fourth-order valence-electron chi connectivity index (χ4n) is 2.93. The van der Waals surface area contributed by atoms with Gasteiger partial charge in [-0.25, -0.2) is 5.43 Å². The molecule has 2 amide bonds. The van der Waals surface area contributed by atoms with Gasteiger partial charge in [0.05, 0.1) is 19.4 Å². The number of nitrogens with zero attached hydrogens (tertiary/aromatic N) is 1. The van der Waals surface area contributed by atoms with Gasteiger partial charge in [-0.15, -0.1) is 0 Å². The van der Waals surface area contributed by atoms with Crippen LogP contribution in [0.1, 0.15) is 24.0 Å². The number of benzene rings is 2. The Hall–Kier alpha value is -3.10. The van der Waals surface area contributed by atoms with Crippen molar-refractivity contribution in [1.82, 2.24) is 10.7 Å². The summed E-state index contributed by atoms with van der Waals surface area (Å²) in [5.41, 5.74) is 3.84. The third-order valence-corrected chi connectivity index (χ3v) is 4.85. The van der Waals surface area contributed by atoms with E-state index in [0.29, 0.717) is 41.8 Å². The summed E-state index contributed by atoms with van der Waals surface area (Å²) in [6, 6.07) is 12.6. The predicted octanol–water partition coefficient (Wildman–Crippen LogP) is 2.67. The smallest absolute Gasteiger partial charge is 0.329 e. The maximum atomic E-state index is 11.8. The summed E-state index contributed by atoms with van der Waals surface area (Å²) in [5.74, 6) is -0.522. The van der Waals surface area contributed by atoms with Crippen LogP contribution in [0, 0.1) is 0 Å². The van der Waals surface area contributed by atoms with Crippen molar-refractivity contribution in [3.8, 4) is 11.5 Å². The fraction of sp³-hybridized carbons (Fsp3) is 0.318. The Kier molecular flexibility index (Phi) is 8.26. The molecule has 9 heteroatoms. The molecule has 1 aliphatic rings. The fourth-order valence-corrected chi connectivity index (χ4v) is 3.06. The van der Waals surface area contributed by atoms with Crippen LogP contribution in [0.5, 0.6) is 11.5 Å². The normalized spacial score (nSPS) is 15.6. The van der Waals surface area contributed by atoms with Crippen molar-refractivity contribution in [3.05, 3.63) is 58.6 Å². The molecule has 31 heavy (non-hydrogen) atoms. The summed E-state index contributed by atoms with van der Waals surface area (Å²) >= 11 is 5.89. The van der Waals surface area contributed by atoms with Crippen LogP contribution in [-0.4, -0.2) is 44.4 Å². The van der Waals surface area contributed by atoms with Gasteiger partial charge < -0.3 is 19.5 Å². The van der Waals surface area contributed by atoms with E-state index < -0.39 is 11.8 Å². The first kappa shape index (κ1) is 22.6. The second-order valence-corrected chi connectivity index (χ2v) is 7.31. The van der Waals surface area contributed by atoms with E-state index in [-0.39, 0.29) is 6.10 Å². The summed E-state index contributed by atoms with van der Waals surface area (Å²) in [7, 11) is 1.53. The number of methoxy groups -OCH3 is 1. The van der Waals surface area contributed by atoms with E-state index >= 15 is 0 Å². The van der Waals surface area contributed by atoms with E-state index in [1.807, 2.05) is 12.1 Å². The predicted molar refractivity (Wildman–Crippen MR) is 116 cm³/mol. The molecule has 3 rings (SSSR count). The number of carbonyl (C=O) groups is 2. The number of hydrogen-bond acceptors (Lipinski definition) is 6. The lowest BCUT2D eigenvalue weighted by Crippen LogP contribution is -2.41. The van der Waals surface area contributed by atoms with E-state index in [2.05, 4.69) is 15.8 Å². The zero-order valence-electron chi connectivity index (χ0n) is 17.1. The number of hydrazone groups is 1. The Morgan fingerprint density at radius 3 is 2.71 bits per heavy atom. The second-order valence-electron chi connectivity index (χ2n) is 6.87. The largest absolute Gasteiger partial charge is 0.493 e. The van der Waals surface area contributed by atoms with Crippen molar-refractivity contribution in [1.29, 1.82) is 0 Å². The molecule has 0 bridgehead atoms. The quantitative estimate of drug-likeness (QED) is 0.370. The van der Waals surface area contributed by atoms with Gasteiger partial charge in [-0.2, -0.15) is 5.10 Å². The number of hydrogen-bond donors (Lipinski definition) is 2. The standard InChI is InChI=1S/C22H24ClN3O5/c1-29-20-11-16(6-9-19(20)31-14-15-4-7-17(23)8-5-15)12-25-26-22(28)21(27)24-13-18-3-2-10-30-18/h4-9,11-12,18H,2-3,10,13-14H2,1H3,(H,24,27)(H,26,28)/b25-12-/t18-/m1/s1. The SMILES string of the molecule is COc1cc(/C=N\NC(=O)C(=O)NC[C@H]2CCCO2)ccc1OCc1ccc(Cl)cc1. The Balaban J connectivity index is 1.50. The Morgan fingerprint density at radius 1 is 1.19 bits per heavy atom. The summed E-state index contributed by atoms with van der Waals surface area (Å²) in [5, 5.41) is 7.02. The molecule has 0 aliphatic carbocycles. The molecule has 0 aromatic heterocycles. The first-order valence-corrected chi connectivity index (χ1v) is 10.2. The molecule has 2 N–H and O–H groups in total. The lowest BCUT2D eigenvalue weighted by molar-refractivity contribution is -0.139. The summed E-state index contributed by atoms with van der Waals surface area (Å²) in [6.07, 6.45) is 3.22. The van der Waals surface area contributed by atoms with Crippen LogP contribution in [-0.2, 0) is 20.9 Å². The van der Waals surface area contributed by atoms with Crippen molar-refractivity contribution in [2.45, 2.75) is 25.6 Å². The topological polar surface area (TPSA) is 98.2 Å². The molecule has 1 fully saturated rings. The van der Waals surface area contributed by atoms with Gasteiger partial charge in [0.2, 0.25) is 0 Å². The van der Waals surface area contributed by atoms with Gasteiger partial charge in [0.25, 0.3) is 0 Å². The zero-order valence-corrected chi connectivity index (χ0v) is 17.9. The van der Waals surface area contributed by atoms with Crippen LogP contribution in [0.2, 0.25) is 5.02 Å². The lowest BCUT2D eigenvalue weighted by Gasteiger charge is -2.11. The van der Waals surface area contributed by atoms with Crippen LogP contribution in [0.25, 0.3) is 0 Å². The Labute approximate surface area is 185 Å². The summed E-state index contributed by atoms with van der Waals surface area (Å²) in [4.78, 5) is 23.6. The van der Waals surface area contributed by atoms with Gasteiger partial charge in [-0.1, -0.05) is 23.7 Å². The maximum Gasteiger partial charge on any atom is 0.329 e. The van der Waals surface area contributed by atoms with Gasteiger partial charge in [0, 0.05) is 18.2 Å². The number of ether oxygens (including phenoxy) is 3. The highest BCUT2D eigenvalue weighted by atomic mass is 35.5. The molecule has 1 heterocycles. The highest BCUT2D eigenvalue weighted by Crippen LogP contribution is 2.28. The number of amides is 2. The molecule has 0 saturated carbocycles. The third kappa shape index (κ3) is 6.97. The minimum absolute atomic E-state index is 0.0341. The molecule has 1 atom stereocenters. The molecule has 0 spiro atoms. The number of halogens is 1. The van der Waals surface area contributed by atoms with Crippen LogP contribution in [0.3, 0.4) is 0 Å². The van der Waals surface area contributed by atoms with E-state index in [1.165, 1.54) is 13.3 Å². The van der Waals surface area contributed by atoms with Crippen molar-refractivity contribution in [2.75, 3.05) is 20.3 Å². The Morgan fingerprint density at radius 2 is 2.00 bits per heavy atom. The maximum absolute atomic E-state index is 11.8. The van der Waals surface area contributed by atoms with Crippen molar-refractivity contribution < 1.29 is 23.8 Å². The van der Waals surface area contributed by atoms with Crippen molar-refractivity contribution >= 4 is 29.6 Å². The van der Waals surface area contributed by atoms with Crippen LogP contribution < -0.4 is 20.2 Å². The van der Waals surface area contributed by atoms with E-state index in [1.54, 1.807) is 30.3 Å². The van der Waals surface area contributed by atoms with E-state index in [4.69, 9.17) is 25.8 Å². The molecule has 0 unspecified atom stereocenters. The van der Waals surface area contributed by atoms with Crippen LogP contribution in [0.15, 0.2) is 47.6 Å².